The Morgan fingerprint density at radius 1 is 0.176 bits per heavy atom. The Balaban J connectivity index is 0.000000149. The van der Waals surface area contributed by atoms with Gasteiger partial charge in [-0.25, -0.2) is 39.9 Å². The molecule has 131 heavy (non-hydrogen) atoms. The molecule has 0 fully saturated rings. The van der Waals surface area contributed by atoms with Crippen LogP contribution in [0, 0.1) is 0 Å². The summed E-state index contributed by atoms with van der Waals surface area (Å²) < 4.78 is 2.47. The van der Waals surface area contributed by atoms with Gasteiger partial charge in [-0.2, -0.15) is 0 Å². The summed E-state index contributed by atoms with van der Waals surface area (Å²) in [7, 11) is 0. The molecule has 2 aliphatic carbocycles. The number of hydrogen-bond donors (Lipinski definition) is 0. The largest absolute Gasteiger partial charge is 0.309 e. The van der Waals surface area contributed by atoms with Crippen LogP contribution >= 0.6 is 0 Å². The summed E-state index contributed by atoms with van der Waals surface area (Å²) in [6.07, 6.45) is 35.9. The van der Waals surface area contributed by atoms with Gasteiger partial charge in [0.1, 0.15) is 25.3 Å². The molecule has 0 radical (unpaired) electrons. The Morgan fingerprint density at radius 3 is 0.878 bits per heavy atom. The first-order chi connectivity index (χ1) is 64.6. The van der Waals surface area contributed by atoms with Crippen LogP contribution in [0.1, 0.15) is 47.2 Å². The van der Waals surface area contributed by atoms with Gasteiger partial charge in [-0.3, -0.25) is 19.9 Å². The van der Waals surface area contributed by atoms with Gasteiger partial charge >= 0.3 is 0 Å². The highest BCUT2D eigenvalue weighted by atomic mass is 15.0. The van der Waals surface area contributed by atoms with E-state index in [1.54, 1.807) is 25.3 Å². The van der Waals surface area contributed by atoms with Crippen molar-refractivity contribution in [3.05, 3.63) is 479 Å². The number of benzene rings is 13. The van der Waals surface area contributed by atoms with E-state index < -0.39 is 5.41 Å². The minimum Gasteiger partial charge on any atom is -0.309 e. The van der Waals surface area contributed by atoms with Crippen molar-refractivity contribution in [1.29, 1.82) is 0 Å². The van der Waals surface area contributed by atoms with Crippen molar-refractivity contribution < 1.29 is 0 Å². The van der Waals surface area contributed by atoms with Gasteiger partial charge in [0.2, 0.25) is 0 Å². The molecule has 13 heteroatoms. The van der Waals surface area contributed by atoms with Crippen molar-refractivity contribution in [1.82, 2.24) is 64.4 Å². The summed E-state index contributed by atoms with van der Waals surface area (Å²) in [6, 6.07) is 118. The fraction of sp³-hybridized carbons (Fsp3) is 0.0339. The molecule has 0 saturated carbocycles. The minimum atomic E-state index is -0.517. The predicted octanol–water partition coefficient (Wildman–Crippen LogP) is 27.6. The molecule has 9 heterocycles. The van der Waals surface area contributed by atoms with Gasteiger partial charge in [-0.15, -0.1) is 0 Å². The van der Waals surface area contributed by atoms with Crippen LogP contribution in [0.25, 0.3) is 194 Å². The van der Waals surface area contributed by atoms with Crippen LogP contribution in [0.2, 0.25) is 0 Å². The molecule has 0 atom stereocenters. The summed E-state index contributed by atoms with van der Waals surface area (Å²) in [4.78, 5) is 52.5. The van der Waals surface area contributed by atoms with Crippen molar-refractivity contribution >= 4 is 21.8 Å². The van der Waals surface area contributed by atoms with E-state index in [-0.39, 0.29) is 5.41 Å². The second kappa shape index (κ2) is 33.2. The van der Waals surface area contributed by atoms with E-state index in [4.69, 9.17) is 0 Å². The van der Waals surface area contributed by atoms with Gasteiger partial charge in [0.05, 0.1) is 16.4 Å². The molecule has 0 amide bonds. The van der Waals surface area contributed by atoms with Crippen molar-refractivity contribution in [2.24, 2.45) is 0 Å². The highest BCUT2D eigenvalue weighted by molar-refractivity contribution is 6.12. The lowest BCUT2D eigenvalue weighted by molar-refractivity contribution is 0.661. The van der Waals surface area contributed by atoms with Crippen molar-refractivity contribution in [2.45, 2.75) is 24.7 Å². The fourth-order valence-electron chi connectivity index (χ4n) is 19.6. The van der Waals surface area contributed by atoms with Crippen molar-refractivity contribution in [2.75, 3.05) is 0 Å². The molecule has 0 N–H and O–H groups in total. The highest BCUT2D eigenvalue weighted by Gasteiger charge is 2.46. The molecule has 13 aromatic carbocycles. The van der Waals surface area contributed by atoms with Gasteiger partial charge < -0.3 is 4.57 Å². The lowest BCUT2D eigenvalue weighted by Crippen LogP contribution is -2.28. The van der Waals surface area contributed by atoms with E-state index in [1.807, 2.05) is 99.1 Å². The van der Waals surface area contributed by atoms with Crippen LogP contribution in [0.4, 0.5) is 0 Å². The number of fused-ring (bicyclic) bond motifs is 9. The van der Waals surface area contributed by atoms with Crippen LogP contribution in [-0.4, -0.2) is 64.4 Å². The molecule has 0 bridgehead atoms. The molecular formula is C118H79N13. The zero-order valence-electron chi connectivity index (χ0n) is 71.5. The SMILES string of the molecule is CC1(C)c2ccccc2-c2cc3c4ccccc4n(-c4cc(-c5cccc(-c6cncc(-c7cncnc7)c6)c5)cc(-c5cccc(-c6cncc(-c7cncnc7)c6)c5)c4)c3cc21.c1ccc(C2(c3ccccc3)c3ccccc3-c3ccc(-c4cc(-c5cccc(-c6cncc(-c7cncnc7)c6)c5)cc(-c5cccc(-c6cncc(-c7cncnc7)c6)c5)c4)cc32)cc1. The molecule has 0 unspecified atom stereocenters. The summed E-state index contributed by atoms with van der Waals surface area (Å²) in [5.74, 6) is 0. The third kappa shape index (κ3) is 14.5. The van der Waals surface area contributed by atoms with Crippen molar-refractivity contribution in [3.63, 3.8) is 0 Å². The van der Waals surface area contributed by atoms with Crippen molar-refractivity contribution in [3.8, 4) is 173 Å². The Hall–Kier alpha value is -17.4. The third-order valence-electron chi connectivity index (χ3n) is 25.9. The van der Waals surface area contributed by atoms with Crippen LogP contribution in [0.15, 0.2) is 446 Å². The maximum atomic E-state index is 4.64. The first-order valence-electron chi connectivity index (χ1n) is 43.7. The number of pyridine rings is 4. The number of hydrogen-bond acceptors (Lipinski definition) is 12. The number of nitrogens with zero attached hydrogens (tertiary/aromatic N) is 13. The Morgan fingerprint density at radius 2 is 0.473 bits per heavy atom. The molecule has 22 aromatic rings. The van der Waals surface area contributed by atoms with Gasteiger partial charge in [0.15, 0.2) is 0 Å². The molecule has 2 aliphatic rings. The highest BCUT2D eigenvalue weighted by Crippen LogP contribution is 2.58. The van der Waals surface area contributed by atoms with E-state index in [0.717, 1.165) is 150 Å². The molecule has 0 saturated heterocycles. The second-order valence-electron chi connectivity index (χ2n) is 34.0. The van der Waals surface area contributed by atoms with Crippen LogP contribution in [0.3, 0.4) is 0 Å². The Kier molecular flexibility index (Phi) is 19.8. The summed E-state index contributed by atoms with van der Waals surface area (Å²) >= 11 is 0. The van der Waals surface area contributed by atoms with Crippen LogP contribution < -0.4 is 0 Å². The predicted molar refractivity (Wildman–Crippen MR) is 526 cm³/mol. The molecule has 13 nitrogen and oxygen atoms in total. The maximum absolute atomic E-state index is 4.64. The second-order valence-corrected chi connectivity index (χ2v) is 34.0. The normalized spacial score (nSPS) is 12.5. The average molecular weight is 1680 g/mol. The molecule has 0 aliphatic heterocycles. The first-order valence-corrected chi connectivity index (χ1v) is 43.7. The lowest BCUT2D eigenvalue weighted by atomic mass is 9.67. The number of aromatic nitrogens is 13. The molecule has 24 rings (SSSR count). The zero-order valence-corrected chi connectivity index (χ0v) is 71.5. The van der Waals surface area contributed by atoms with Gasteiger partial charge in [-0.1, -0.05) is 226 Å². The molecule has 9 aromatic heterocycles. The fourth-order valence-corrected chi connectivity index (χ4v) is 19.6. The van der Waals surface area contributed by atoms with E-state index in [1.165, 1.54) is 77.4 Å². The molecule has 616 valence electrons. The minimum absolute atomic E-state index is 0.144. The first kappa shape index (κ1) is 78.3. The Bertz CT molecular complexity index is 7800. The van der Waals surface area contributed by atoms with Crippen LogP contribution in [0.5, 0.6) is 0 Å². The summed E-state index contributed by atoms with van der Waals surface area (Å²) in [6.45, 7) is 4.71. The van der Waals surface area contributed by atoms with Gasteiger partial charge in [0.25, 0.3) is 0 Å². The van der Waals surface area contributed by atoms with Gasteiger partial charge in [-0.05, 0) is 243 Å². The maximum Gasteiger partial charge on any atom is 0.115 e. The topological polar surface area (TPSA) is 160 Å². The van der Waals surface area contributed by atoms with Crippen LogP contribution in [-0.2, 0) is 10.8 Å². The van der Waals surface area contributed by atoms with E-state index >= 15 is 0 Å². The third-order valence-corrected chi connectivity index (χ3v) is 25.9. The summed E-state index contributed by atoms with van der Waals surface area (Å²) in [5.41, 5.74) is 42.7. The Labute approximate surface area is 757 Å². The zero-order chi connectivity index (χ0) is 87.4. The van der Waals surface area contributed by atoms with Gasteiger partial charge in [0, 0.05) is 188 Å². The number of para-hydroxylation sites is 1. The summed E-state index contributed by atoms with van der Waals surface area (Å²) in [5, 5.41) is 2.47. The standard InChI is InChI=1S/C61H40N6.C57H39N7/c1-3-15-55(16-4-1)61(56-17-5-2-6-18-56)59-20-8-7-19-57(59)58-22-21-45(30-60(58)61)48-26-46(41-11-9-13-43(23-41)49-28-51(33-62-31-49)53-35-64-39-65-36-53)25-47(27-48)42-12-10-14-44(24-42)50-29-52(34-63-32-50)54-37-66-40-67-38-54;1-57(2)53-15-5-3-13-49(53)51-24-52-50-14-4-6-16-55(50)64(56(52)25-54(51)57)48-22-40(36-9-7-11-38(17-36)42-20-44(28-58-26-42)46-30-60-34-61-31-46)19-41(23-48)37-10-8-12-39(18-37)43-21-45(29-59-27-43)47-32-62-35-63-33-47/h1-40H;3-35H,1-2H3. The molecular weight excluding hydrogens is 1600 g/mol. The lowest BCUT2D eigenvalue weighted by Gasteiger charge is -2.34. The number of rotatable bonds is 16. The average Bonchev–Trinajstić information content (AvgIpc) is 1.55. The quantitative estimate of drug-likeness (QED) is 0.0902. The van der Waals surface area contributed by atoms with E-state index in [9.17, 15) is 0 Å². The smallest absolute Gasteiger partial charge is 0.115 e. The monoisotopic (exact) mass is 1680 g/mol. The van der Waals surface area contributed by atoms with E-state index in [0.29, 0.717) is 0 Å². The molecule has 0 spiro atoms. The van der Waals surface area contributed by atoms with E-state index in [2.05, 4.69) is 400 Å².